The van der Waals surface area contributed by atoms with Gasteiger partial charge in [-0.3, -0.25) is 4.79 Å². The van der Waals surface area contributed by atoms with Crippen molar-refractivity contribution in [3.63, 3.8) is 0 Å². The minimum Gasteiger partial charge on any atom is -0.489 e. The molecule has 9 nitrogen and oxygen atoms in total. The van der Waals surface area contributed by atoms with Crippen molar-refractivity contribution in [1.82, 2.24) is 29.6 Å². The lowest BCUT2D eigenvalue weighted by Crippen LogP contribution is -2.25. The fourth-order valence-corrected chi connectivity index (χ4v) is 4.64. The number of fused-ring (bicyclic) bond motifs is 2. The summed E-state index contributed by atoms with van der Waals surface area (Å²) in [5, 5.41) is 20.6. The molecule has 1 aliphatic heterocycles. The number of aromatic nitrogens is 6. The second-order valence-corrected chi connectivity index (χ2v) is 9.12. The smallest absolute Gasteiger partial charge is 0.226 e. The summed E-state index contributed by atoms with van der Waals surface area (Å²) in [7, 11) is 0. The van der Waals surface area contributed by atoms with E-state index >= 15 is 0 Å². The van der Waals surface area contributed by atoms with E-state index in [2.05, 4.69) is 51.8 Å². The van der Waals surface area contributed by atoms with Crippen molar-refractivity contribution in [3.8, 4) is 11.6 Å². The Kier molecular flexibility index (Phi) is 5.25. The summed E-state index contributed by atoms with van der Waals surface area (Å²) in [6.45, 7) is 6.37. The molecule has 1 amide bonds. The SMILES string of the molecule is Cc1ccc(COc2ccc(C3CC(=O)Nc4c3c(C)nn4-c3ccc4nnc(C)n4n3)cc2)cc1. The van der Waals surface area contributed by atoms with E-state index in [9.17, 15) is 4.79 Å². The number of nitrogens with zero attached hydrogens (tertiary/aromatic N) is 6. The highest BCUT2D eigenvalue weighted by atomic mass is 16.5. The molecule has 1 unspecified atom stereocenters. The van der Waals surface area contributed by atoms with Gasteiger partial charge in [0.25, 0.3) is 0 Å². The number of amides is 1. The standard InChI is InChI=1S/C27H25N7O2/c1-16-4-6-19(7-5-16)15-36-21-10-8-20(9-11-21)22-14-25(35)28-27-26(22)17(2)31-34(27)24-13-12-23-30-29-18(3)33(23)32-24/h4-13,22H,14-15H2,1-3H3,(H,28,35). The van der Waals surface area contributed by atoms with Gasteiger partial charge in [0.1, 0.15) is 18.2 Å². The number of hydrogen-bond donors (Lipinski definition) is 1. The van der Waals surface area contributed by atoms with E-state index < -0.39 is 0 Å². The van der Waals surface area contributed by atoms with Gasteiger partial charge in [-0.05, 0) is 56.2 Å². The number of ether oxygens (including phenoxy) is 1. The monoisotopic (exact) mass is 479 g/mol. The summed E-state index contributed by atoms with van der Waals surface area (Å²) in [6, 6.07) is 19.9. The van der Waals surface area contributed by atoms with Crippen LogP contribution < -0.4 is 10.1 Å². The van der Waals surface area contributed by atoms with Gasteiger partial charge in [0.2, 0.25) is 5.91 Å². The lowest BCUT2D eigenvalue weighted by Gasteiger charge is -2.24. The summed E-state index contributed by atoms with van der Waals surface area (Å²) in [5.74, 6) is 2.51. The molecule has 0 saturated heterocycles. The van der Waals surface area contributed by atoms with E-state index in [-0.39, 0.29) is 11.8 Å². The van der Waals surface area contributed by atoms with Crippen molar-refractivity contribution in [2.75, 3.05) is 5.32 Å². The molecule has 2 aromatic carbocycles. The zero-order valence-corrected chi connectivity index (χ0v) is 20.3. The van der Waals surface area contributed by atoms with Gasteiger partial charge in [-0.2, -0.15) is 14.3 Å². The number of rotatable bonds is 5. The molecule has 0 fully saturated rings. The van der Waals surface area contributed by atoms with Crippen LogP contribution in [0.4, 0.5) is 5.82 Å². The maximum Gasteiger partial charge on any atom is 0.226 e. The lowest BCUT2D eigenvalue weighted by molar-refractivity contribution is -0.116. The number of nitrogens with one attached hydrogen (secondary N) is 1. The van der Waals surface area contributed by atoms with E-state index in [0.29, 0.717) is 36.1 Å². The molecule has 9 heteroatoms. The van der Waals surface area contributed by atoms with Crippen LogP contribution in [0, 0.1) is 20.8 Å². The number of hydrogen-bond acceptors (Lipinski definition) is 6. The predicted octanol–water partition coefficient (Wildman–Crippen LogP) is 4.29. The molecule has 1 N–H and O–H groups in total. The maximum atomic E-state index is 12.8. The number of carbonyl (C=O) groups is 1. The van der Waals surface area contributed by atoms with Crippen molar-refractivity contribution in [3.05, 3.63) is 94.4 Å². The summed E-state index contributed by atoms with van der Waals surface area (Å²) in [5.41, 5.74) is 5.87. The van der Waals surface area contributed by atoms with Gasteiger partial charge in [0, 0.05) is 17.9 Å². The maximum absolute atomic E-state index is 12.8. The Hall–Kier alpha value is -4.53. The molecule has 0 radical (unpaired) electrons. The average Bonchev–Trinajstić information content (AvgIpc) is 3.42. The van der Waals surface area contributed by atoms with Crippen LogP contribution >= 0.6 is 0 Å². The lowest BCUT2D eigenvalue weighted by atomic mass is 9.86. The van der Waals surface area contributed by atoms with Crippen LogP contribution in [0.2, 0.25) is 0 Å². The number of carbonyl (C=O) groups excluding carboxylic acids is 1. The zero-order chi connectivity index (χ0) is 24.8. The topological polar surface area (TPSA) is 99.2 Å². The largest absolute Gasteiger partial charge is 0.489 e. The number of aryl methyl sites for hydroxylation is 3. The van der Waals surface area contributed by atoms with Crippen LogP contribution in [-0.2, 0) is 11.4 Å². The molecule has 180 valence electrons. The minimum atomic E-state index is -0.117. The quantitative estimate of drug-likeness (QED) is 0.404. The predicted molar refractivity (Wildman–Crippen MR) is 134 cm³/mol. The number of benzene rings is 2. The Morgan fingerprint density at radius 2 is 1.72 bits per heavy atom. The van der Waals surface area contributed by atoms with Gasteiger partial charge >= 0.3 is 0 Å². The third kappa shape index (κ3) is 3.88. The van der Waals surface area contributed by atoms with Crippen LogP contribution in [0.25, 0.3) is 11.5 Å². The summed E-state index contributed by atoms with van der Waals surface area (Å²) in [4.78, 5) is 12.8. The Morgan fingerprint density at radius 1 is 0.944 bits per heavy atom. The molecule has 6 rings (SSSR count). The zero-order valence-electron chi connectivity index (χ0n) is 20.3. The molecule has 36 heavy (non-hydrogen) atoms. The average molecular weight is 480 g/mol. The molecular formula is C27H25N7O2. The first kappa shape index (κ1) is 22.0. The molecule has 0 saturated carbocycles. The molecule has 5 aromatic rings. The van der Waals surface area contributed by atoms with Crippen LogP contribution in [0.15, 0.2) is 60.7 Å². The highest BCUT2D eigenvalue weighted by molar-refractivity contribution is 5.95. The highest BCUT2D eigenvalue weighted by Crippen LogP contribution is 2.40. The highest BCUT2D eigenvalue weighted by Gasteiger charge is 2.33. The summed E-state index contributed by atoms with van der Waals surface area (Å²) in [6.07, 6.45) is 0.347. The second kappa shape index (κ2) is 8.60. The Labute approximate surface area is 207 Å². The van der Waals surface area contributed by atoms with Gasteiger partial charge in [-0.25, -0.2) is 0 Å². The Morgan fingerprint density at radius 3 is 2.50 bits per heavy atom. The van der Waals surface area contributed by atoms with Crippen LogP contribution in [0.1, 0.15) is 46.1 Å². The van der Waals surface area contributed by atoms with Crippen molar-refractivity contribution in [2.45, 2.75) is 39.7 Å². The summed E-state index contributed by atoms with van der Waals surface area (Å²) >= 11 is 0. The van der Waals surface area contributed by atoms with E-state index in [1.54, 1.807) is 9.20 Å². The minimum absolute atomic E-state index is 0.0603. The molecule has 1 aliphatic rings. The summed E-state index contributed by atoms with van der Waals surface area (Å²) < 4.78 is 9.32. The molecule has 0 bridgehead atoms. The second-order valence-electron chi connectivity index (χ2n) is 9.12. The fraction of sp³-hybridized carbons (Fsp3) is 0.222. The molecule has 0 spiro atoms. The fourth-order valence-electron chi connectivity index (χ4n) is 4.64. The van der Waals surface area contributed by atoms with E-state index in [4.69, 9.17) is 9.84 Å². The van der Waals surface area contributed by atoms with Crippen LogP contribution in [0.3, 0.4) is 0 Å². The van der Waals surface area contributed by atoms with E-state index in [1.165, 1.54) is 5.56 Å². The van der Waals surface area contributed by atoms with Gasteiger partial charge in [0.05, 0.1) is 5.69 Å². The van der Waals surface area contributed by atoms with Crippen molar-refractivity contribution < 1.29 is 9.53 Å². The van der Waals surface area contributed by atoms with Crippen molar-refractivity contribution in [2.24, 2.45) is 0 Å². The first-order valence-electron chi connectivity index (χ1n) is 11.8. The van der Waals surface area contributed by atoms with Crippen LogP contribution in [0.5, 0.6) is 5.75 Å². The number of anilines is 1. The molecular weight excluding hydrogens is 454 g/mol. The van der Waals surface area contributed by atoms with E-state index in [0.717, 1.165) is 28.1 Å². The van der Waals surface area contributed by atoms with Crippen LogP contribution in [-0.4, -0.2) is 35.5 Å². The van der Waals surface area contributed by atoms with Crippen molar-refractivity contribution >= 4 is 17.4 Å². The molecule has 0 aliphatic carbocycles. The van der Waals surface area contributed by atoms with E-state index in [1.807, 2.05) is 50.2 Å². The van der Waals surface area contributed by atoms with Gasteiger partial charge < -0.3 is 10.1 Å². The normalized spacial score (nSPS) is 15.1. The Bertz CT molecular complexity index is 1580. The van der Waals surface area contributed by atoms with Gasteiger partial charge in [-0.15, -0.1) is 15.3 Å². The first-order valence-corrected chi connectivity index (χ1v) is 11.8. The van der Waals surface area contributed by atoms with Gasteiger partial charge in [0.15, 0.2) is 17.3 Å². The molecule has 1 atom stereocenters. The van der Waals surface area contributed by atoms with Gasteiger partial charge in [-0.1, -0.05) is 42.0 Å². The van der Waals surface area contributed by atoms with Crippen molar-refractivity contribution in [1.29, 1.82) is 0 Å². The first-order chi connectivity index (χ1) is 17.5. The molecule has 4 heterocycles. The molecule has 3 aromatic heterocycles. The third-order valence-electron chi connectivity index (χ3n) is 6.53. The third-order valence-corrected chi connectivity index (χ3v) is 6.53. The Balaban J connectivity index is 1.30.